The van der Waals surface area contributed by atoms with E-state index in [0.717, 1.165) is 5.56 Å². The quantitative estimate of drug-likeness (QED) is 0.641. The van der Waals surface area contributed by atoms with Crippen molar-refractivity contribution in [2.24, 2.45) is 5.84 Å². The lowest BCUT2D eigenvalue weighted by Gasteiger charge is -2.20. The van der Waals surface area contributed by atoms with Crippen molar-refractivity contribution >= 4 is 11.5 Å². The number of nitrogens with zero attached hydrogens (tertiary/aromatic N) is 2. The number of pyridine rings is 1. The molecule has 0 spiro atoms. The van der Waals surface area contributed by atoms with Gasteiger partial charge in [0.05, 0.1) is 5.69 Å². The van der Waals surface area contributed by atoms with Crippen LogP contribution in [0.4, 0.5) is 15.9 Å². The number of para-hydroxylation sites is 1. The lowest BCUT2D eigenvalue weighted by molar-refractivity contribution is 0.622. The van der Waals surface area contributed by atoms with Crippen LogP contribution in [0, 0.1) is 5.82 Å². The van der Waals surface area contributed by atoms with Gasteiger partial charge in [-0.15, -0.1) is 0 Å². The number of rotatable bonds is 4. The normalized spacial score (nSPS) is 10.2. The molecular weight excluding hydrogens is 231 g/mol. The monoisotopic (exact) mass is 246 g/mol. The van der Waals surface area contributed by atoms with Gasteiger partial charge in [-0.2, -0.15) is 0 Å². The van der Waals surface area contributed by atoms with Crippen LogP contribution >= 0.6 is 0 Å². The van der Waals surface area contributed by atoms with Gasteiger partial charge in [0.25, 0.3) is 0 Å². The van der Waals surface area contributed by atoms with E-state index in [0.29, 0.717) is 18.1 Å². The van der Waals surface area contributed by atoms with Gasteiger partial charge in [-0.25, -0.2) is 15.2 Å². The molecule has 0 saturated heterocycles. The van der Waals surface area contributed by atoms with Crippen LogP contribution < -0.4 is 16.2 Å². The van der Waals surface area contributed by atoms with Gasteiger partial charge >= 0.3 is 0 Å². The van der Waals surface area contributed by atoms with Crippen molar-refractivity contribution in [1.82, 2.24) is 4.98 Å². The number of nitrogens with two attached hydrogens (primary N) is 1. The Balaban J connectivity index is 2.16. The number of nitrogens with one attached hydrogen (secondary N) is 1. The molecule has 1 heterocycles. The molecule has 0 fully saturated rings. The summed E-state index contributed by atoms with van der Waals surface area (Å²) < 4.78 is 13.6. The fourth-order valence-corrected chi connectivity index (χ4v) is 1.77. The Morgan fingerprint density at radius 2 is 2.11 bits per heavy atom. The Kier molecular flexibility index (Phi) is 3.74. The average Bonchev–Trinajstić information content (AvgIpc) is 2.39. The van der Waals surface area contributed by atoms with E-state index in [9.17, 15) is 4.39 Å². The van der Waals surface area contributed by atoms with E-state index in [1.165, 1.54) is 6.07 Å². The fourth-order valence-electron chi connectivity index (χ4n) is 1.77. The molecule has 0 saturated carbocycles. The summed E-state index contributed by atoms with van der Waals surface area (Å²) in [5, 5.41) is 0. The number of hydrogen-bond acceptors (Lipinski definition) is 4. The first-order chi connectivity index (χ1) is 8.70. The first kappa shape index (κ1) is 12.3. The van der Waals surface area contributed by atoms with E-state index in [2.05, 4.69) is 10.4 Å². The maximum absolute atomic E-state index is 13.6. The van der Waals surface area contributed by atoms with Crippen molar-refractivity contribution in [3.63, 3.8) is 0 Å². The molecular formula is C13H15FN4. The molecule has 18 heavy (non-hydrogen) atoms. The molecule has 2 aromatic rings. The van der Waals surface area contributed by atoms with E-state index >= 15 is 0 Å². The van der Waals surface area contributed by atoms with Crippen LogP contribution in [0.1, 0.15) is 5.56 Å². The minimum Gasteiger partial charge on any atom is -0.368 e. The van der Waals surface area contributed by atoms with Crippen LogP contribution in [0.15, 0.2) is 42.6 Å². The topological polar surface area (TPSA) is 54.2 Å². The third kappa shape index (κ3) is 2.75. The van der Waals surface area contributed by atoms with Gasteiger partial charge in [0.15, 0.2) is 0 Å². The van der Waals surface area contributed by atoms with Gasteiger partial charge in [-0.3, -0.25) is 0 Å². The van der Waals surface area contributed by atoms with E-state index < -0.39 is 0 Å². The number of halogens is 1. The predicted octanol–water partition coefficient (Wildman–Crippen LogP) is 2.14. The van der Waals surface area contributed by atoms with Crippen molar-refractivity contribution in [2.45, 2.75) is 6.54 Å². The van der Waals surface area contributed by atoms with Crippen molar-refractivity contribution < 1.29 is 4.39 Å². The second kappa shape index (κ2) is 5.46. The number of hydrazine groups is 1. The molecule has 0 bridgehead atoms. The summed E-state index contributed by atoms with van der Waals surface area (Å²) in [5.74, 6) is 5.66. The van der Waals surface area contributed by atoms with Crippen molar-refractivity contribution in [2.75, 3.05) is 17.4 Å². The molecule has 0 aliphatic carbocycles. The summed E-state index contributed by atoms with van der Waals surface area (Å²) in [6.45, 7) is 0.581. The zero-order chi connectivity index (χ0) is 13.0. The summed E-state index contributed by atoms with van der Waals surface area (Å²) in [4.78, 5) is 5.87. The minimum absolute atomic E-state index is 0.230. The molecule has 5 heteroatoms. The Morgan fingerprint density at radius 3 is 2.83 bits per heavy atom. The van der Waals surface area contributed by atoms with Crippen LogP contribution in [0.3, 0.4) is 0 Å². The first-order valence-corrected chi connectivity index (χ1v) is 5.58. The number of hydrogen-bond donors (Lipinski definition) is 2. The van der Waals surface area contributed by atoms with Crippen LogP contribution in [0.25, 0.3) is 0 Å². The Hall–Kier alpha value is -2.14. The van der Waals surface area contributed by atoms with Crippen LogP contribution in [-0.4, -0.2) is 12.0 Å². The van der Waals surface area contributed by atoms with E-state index in [4.69, 9.17) is 5.84 Å². The standard InChI is InChI=1S/C13H15FN4/c1-18(12-5-3-2-4-11(12)14)9-10-6-7-16-13(8-10)17-15/h2-8H,9,15H2,1H3,(H,16,17). The van der Waals surface area contributed by atoms with Crippen molar-refractivity contribution in [3.05, 3.63) is 54.0 Å². The Labute approximate surface area is 105 Å². The van der Waals surface area contributed by atoms with Gasteiger partial charge in [-0.1, -0.05) is 12.1 Å². The zero-order valence-corrected chi connectivity index (χ0v) is 10.1. The highest BCUT2D eigenvalue weighted by Gasteiger charge is 2.07. The van der Waals surface area contributed by atoms with Gasteiger partial charge in [0.1, 0.15) is 11.6 Å². The summed E-state index contributed by atoms with van der Waals surface area (Å²) in [6.07, 6.45) is 1.67. The Morgan fingerprint density at radius 1 is 1.33 bits per heavy atom. The summed E-state index contributed by atoms with van der Waals surface area (Å²) in [6, 6.07) is 10.4. The molecule has 2 rings (SSSR count). The number of nitrogen functional groups attached to an aromatic ring is 1. The van der Waals surface area contributed by atoms with E-state index in [1.807, 2.05) is 30.1 Å². The summed E-state index contributed by atoms with van der Waals surface area (Å²) in [5.41, 5.74) is 4.06. The van der Waals surface area contributed by atoms with Gasteiger partial charge < -0.3 is 10.3 Å². The SMILES string of the molecule is CN(Cc1ccnc(NN)c1)c1ccccc1F. The molecule has 1 aromatic heterocycles. The van der Waals surface area contributed by atoms with Crippen LogP contribution in [-0.2, 0) is 6.54 Å². The fraction of sp³-hybridized carbons (Fsp3) is 0.154. The van der Waals surface area contributed by atoms with E-state index in [-0.39, 0.29) is 5.82 Å². The predicted molar refractivity (Wildman–Crippen MR) is 70.6 cm³/mol. The summed E-state index contributed by atoms with van der Waals surface area (Å²) in [7, 11) is 1.84. The first-order valence-electron chi connectivity index (χ1n) is 5.58. The third-order valence-corrected chi connectivity index (χ3v) is 2.66. The highest BCUT2D eigenvalue weighted by Crippen LogP contribution is 2.19. The molecule has 1 aromatic carbocycles. The molecule has 4 nitrogen and oxygen atoms in total. The van der Waals surface area contributed by atoms with Crippen LogP contribution in [0.2, 0.25) is 0 Å². The van der Waals surface area contributed by atoms with Gasteiger partial charge in [0.2, 0.25) is 0 Å². The third-order valence-electron chi connectivity index (χ3n) is 2.66. The largest absolute Gasteiger partial charge is 0.368 e. The number of benzene rings is 1. The molecule has 0 atom stereocenters. The maximum Gasteiger partial charge on any atom is 0.146 e. The molecule has 0 radical (unpaired) electrons. The summed E-state index contributed by atoms with van der Waals surface area (Å²) >= 11 is 0. The Bertz CT molecular complexity index is 530. The molecule has 94 valence electrons. The second-order valence-corrected chi connectivity index (χ2v) is 4.00. The lowest BCUT2D eigenvalue weighted by Crippen LogP contribution is -2.18. The van der Waals surface area contributed by atoms with Crippen molar-refractivity contribution in [1.29, 1.82) is 0 Å². The van der Waals surface area contributed by atoms with Gasteiger partial charge in [0, 0.05) is 19.8 Å². The lowest BCUT2D eigenvalue weighted by atomic mass is 10.2. The molecule has 0 amide bonds. The van der Waals surface area contributed by atoms with E-state index in [1.54, 1.807) is 18.3 Å². The van der Waals surface area contributed by atoms with Crippen LogP contribution in [0.5, 0.6) is 0 Å². The number of anilines is 2. The zero-order valence-electron chi connectivity index (χ0n) is 10.1. The highest BCUT2D eigenvalue weighted by molar-refractivity contribution is 5.48. The van der Waals surface area contributed by atoms with Gasteiger partial charge in [-0.05, 0) is 29.8 Å². The maximum atomic E-state index is 13.6. The molecule has 0 aliphatic rings. The molecule has 0 unspecified atom stereocenters. The second-order valence-electron chi connectivity index (χ2n) is 4.00. The smallest absolute Gasteiger partial charge is 0.146 e. The molecule has 0 aliphatic heterocycles. The van der Waals surface area contributed by atoms with Crippen molar-refractivity contribution in [3.8, 4) is 0 Å². The molecule has 3 N–H and O–H groups in total. The average molecular weight is 246 g/mol. The highest BCUT2D eigenvalue weighted by atomic mass is 19.1. The minimum atomic E-state index is -0.230. The number of aromatic nitrogens is 1.